The van der Waals surface area contributed by atoms with Crippen molar-refractivity contribution in [2.75, 3.05) is 11.9 Å². The molecular formula is C12H18N2O2. The first-order valence-corrected chi connectivity index (χ1v) is 5.40. The van der Waals surface area contributed by atoms with Gasteiger partial charge in [0.25, 0.3) is 0 Å². The Morgan fingerprint density at radius 2 is 2.31 bits per heavy atom. The van der Waals surface area contributed by atoms with Gasteiger partial charge in [0.2, 0.25) is 0 Å². The summed E-state index contributed by atoms with van der Waals surface area (Å²) in [5.41, 5.74) is 7.55. The molecule has 0 spiro atoms. The van der Waals surface area contributed by atoms with Crippen LogP contribution in [0, 0.1) is 0 Å². The molecule has 3 N–H and O–H groups in total. The minimum Gasteiger partial charge on any atom is -0.450 e. The second kappa shape index (κ2) is 6.12. The normalized spacial score (nSPS) is 11.9. The van der Waals surface area contributed by atoms with Crippen LogP contribution in [0.2, 0.25) is 0 Å². The number of hydrogen-bond acceptors (Lipinski definition) is 3. The molecule has 4 nitrogen and oxygen atoms in total. The molecule has 0 bridgehead atoms. The van der Waals surface area contributed by atoms with E-state index in [0.29, 0.717) is 6.61 Å². The highest BCUT2D eigenvalue weighted by molar-refractivity contribution is 5.84. The number of carbonyl (C=O) groups is 1. The lowest BCUT2D eigenvalue weighted by Crippen LogP contribution is -2.18. The average molecular weight is 222 g/mol. The maximum atomic E-state index is 11.2. The number of benzene rings is 1. The Balaban J connectivity index is 2.63. The summed E-state index contributed by atoms with van der Waals surface area (Å²) in [6, 6.07) is 7.71. The van der Waals surface area contributed by atoms with Crippen molar-refractivity contribution < 1.29 is 9.53 Å². The summed E-state index contributed by atoms with van der Waals surface area (Å²) in [6.07, 6.45) is 0.360. The predicted octanol–water partition coefficient (Wildman–Crippen LogP) is 2.14. The Kier molecular flexibility index (Phi) is 4.79. The molecule has 0 fully saturated rings. The fourth-order valence-electron chi connectivity index (χ4n) is 1.43. The zero-order chi connectivity index (χ0) is 12.0. The van der Waals surface area contributed by atoms with Gasteiger partial charge in [-0.15, -0.1) is 0 Å². The first-order chi connectivity index (χ1) is 7.61. The minimum absolute atomic E-state index is 0.109. The van der Waals surface area contributed by atoms with E-state index in [9.17, 15) is 4.79 Å². The van der Waals surface area contributed by atoms with Crippen molar-refractivity contribution in [2.24, 2.45) is 5.73 Å². The summed E-state index contributed by atoms with van der Waals surface area (Å²) < 4.78 is 4.79. The summed E-state index contributed by atoms with van der Waals surface area (Å²) in [6.45, 7) is 4.09. The summed E-state index contributed by atoms with van der Waals surface area (Å²) in [4.78, 5) is 11.2. The molecule has 1 rings (SSSR count). The number of ether oxygens (including phenoxy) is 1. The van der Waals surface area contributed by atoms with E-state index in [4.69, 9.17) is 10.5 Å². The molecule has 1 unspecified atom stereocenters. The molecule has 0 heterocycles. The van der Waals surface area contributed by atoms with Crippen LogP contribution in [0.5, 0.6) is 0 Å². The lowest BCUT2D eigenvalue weighted by Gasteiger charge is -2.08. The van der Waals surface area contributed by atoms with Crippen LogP contribution in [0.1, 0.15) is 19.4 Å². The molecule has 0 saturated heterocycles. The van der Waals surface area contributed by atoms with Crippen molar-refractivity contribution in [1.82, 2.24) is 0 Å². The molecule has 1 aromatic rings. The van der Waals surface area contributed by atoms with Crippen LogP contribution in [-0.2, 0) is 11.2 Å². The largest absolute Gasteiger partial charge is 0.450 e. The number of anilines is 1. The van der Waals surface area contributed by atoms with Gasteiger partial charge < -0.3 is 10.5 Å². The summed E-state index contributed by atoms with van der Waals surface area (Å²) in [7, 11) is 0. The lowest BCUT2D eigenvalue weighted by atomic mass is 10.1. The summed E-state index contributed by atoms with van der Waals surface area (Å²) >= 11 is 0. The van der Waals surface area contributed by atoms with Crippen molar-refractivity contribution in [3.05, 3.63) is 29.8 Å². The Morgan fingerprint density at radius 1 is 1.56 bits per heavy atom. The van der Waals surface area contributed by atoms with E-state index >= 15 is 0 Å². The van der Waals surface area contributed by atoms with E-state index in [1.54, 1.807) is 6.92 Å². The molecule has 0 aliphatic carbocycles. The van der Waals surface area contributed by atoms with Gasteiger partial charge >= 0.3 is 6.09 Å². The molecule has 0 aliphatic heterocycles. The maximum Gasteiger partial charge on any atom is 0.411 e. The monoisotopic (exact) mass is 222 g/mol. The van der Waals surface area contributed by atoms with Crippen LogP contribution >= 0.6 is 0 Å². The highest BCUT2D eigenvalue weighted by Crippen LogP contribution is 2.12. The van der Waals surface area contributed by atoms with E-state index in [1.807, 2.05) is 31.2 Å². The maximum absolute atomic E-state index is 11.2. The highest BCUT2D eigenvalue weighted by atomic mass is 16.5. The Bertz CT molecular complexity index is 351. The fourth-order valence-corrected chi connectivity index (χ4v) is 1.43. The minimum atomic E-state index is -0.430. The number of nitrogens with two attached hydrogens (primary N) is 1. The standard InChI is InChI=1S/C12H18N2O2/c1-3-16-12(15)14-11-6-4-5-10(8-11)7-9(2)13/h4-6,8-9H,3,7,13H2,1-2H3,(H,14,15). The number of hydrogen-bond donors (Lipinski definition) is 2. The number of amides is 1. The van der Waals surface area contributed by atoms with Gasteiger partial charge in [0.15, 0.2) is 0 Å². The third kappa shape index (κ3) is 4.31. The van der Waals surface area contributed by atoms with E-state index in [1.165, 1.54) is 0 Å². The van der Waals surface area contributed by atoms with Gasteiger partial charge in [0, 0.05) is 11.7 Å². The summed E-state index contributed by atoms with van der Waals surface area (Å²) in [5.74, 6) is 0. The molecule has 1 aromatic carbocycles. The van der Waals surface area contributed by atoms with Crippen LogP contribution < -0.4 is 11.1 Å². The third-order valence-electron chi connectivity index (χ3n) is 2.01. The molecule has 88 valence electrons. The van der Waals surface area contributed by atoms with Gasteiger partial charge in [-0.3, -0.25) is 5.32 Å². The zero-order valence-electron chi connectivity index (χ0n) is 9.69. The van der Waals surface area contributed by atoms with Gasteiger partial charge in [-0.05, 0) is 38.0 Å². The number of nitrogens with one attached hydrogen (secondary N) is 1. The van der Waals surface area contributed by atoms with Gasteiger partial charge in [-0.2, -0.15) is 0 Å². The van der Waals surface area contributed by atoms with Gasteiger partial charge in [0.1, 0.15) is 0 Å². The zero-order valence-corrected chi connectivity index (χ0v) is 9.69. The Hall–Kier alpha value is -1.55. The smallest absolute Gasteiger partial charge is 0.411 e. The SMILES string of the molecule is CCOC(=O)Nc1cccc(CC(C)N)c1. The van der Waals surface area contributed by atoms with Crippen LogP contribution in [0.4, 0.5) is 10.5 Å². The number of rotatable bonds is 4. The molecule has 0 saturated carbocycles. The average Bonchev–Trinajstić information content (AvgIpc) is 2.17. The molecule has 4 heteroatoms. The topological polar surface area (TPSA) is 64.3 Å². The third-order valence-corrected chi connectivity index (χ3v) is 2.01. The summed E-state index contributed by atoms with van der Waals surface area (Å²) in [5, 5.41) is 2.65. The van der Waals surface area contributed by atoms with E-state index in [-0.39, 0.29) is 6.04 Å². The Morgan fingerprint density at radius 3 is 2.94 bits per heavy atom. The van der Waals surface area contributed by atoms with E-state index in [2.05, 4.69) is 5.32 Å². The molecule has 0 aromatic heterocycles. The van der Waals surface area contributed by atoms with Crippen LogP contribution in [-0.4, -0.2) is 18.7 Å². The lowest BCUT2D eigenvalue weighted by molar-refractivity contribution is 0.168. The molecule has 0 aliphatic rings. The molecule has 16 heavy (non-hydrogen) atoms. The first-order valence-electron chi connectivity index (χ1n) is 5.40. The van der Waals surface area contributed by atoms with Crippen molar-refractivity contribution >= 4 is 11.8 Å². The van der Waals surface area contributed by atoms with Gasteiger partial charge in [0.05, 0.1) is 6.61 Å². The van der Waals surface area contributed by atoms with Gasteiger partial charge in [-0.1, -0.05) is 12.1 Å². The van der Waals surface area contributed by atoms with E-state index in [0.717, 1.165) is 17.7 Å². The van der Waals surface area contributed by atoms with Crippen molar-refractivity contribution in [1.29, 1.82) is 0 Å². The molecule has 1 atom stereocenters. The molecule has 0 radical (unpaired) electrons. The second-order valence-corrected chi connectivity index (χ2v) is 3.73. The second-order valence-electron chi connectivity index (χ2n) is 3.73. The first kappa shape index (κ1) is 12.5. The van der Waals surface area contributed by atoms with Crippen LogP contribution in [0.3, 0.4) is 0 Å². The van der Waals surface area contributed by atoms with Gasteiger partial charge in [-0.25, -0.2) is 4.79 Å². The fraction of sp³-hybridized carbons (Fsp3) is 0.417. The van der Waals surface area contributed by atoms with Crippen molar-refractivity contribution in [2.45, 2.75) is 26.3 Å². The molecule has 1 amide bonds. The van der Waals surface area contributed by atoms with Crippen molar-refractivity contribution in [3.63, 3.8) is 0 Å². The predicted molar refractivity (Wildman–Crippen MR) is 64.4 cm³/mol. The molecular weight excluding hydrogens is 204 g/mol. The Labute approximate surface area is 95.8 Å². The quantitative estimate of drug-likeness (QED) is 0.820. The van der Waals surface area contributed by atoms with E-state index < -0.39 is 6.09 Å². The highest BCUT2D eigenvalue weighted by Gasteiger charge is 2.03. The number of carbonyl (C=O) groups excluding carboxylic acids is 1. The van der Waals surface area contributed by atoms with Crippen LogP contribution in [0.15, 0.2) is 24.3 Å². The van der Waals surface area contributed by atoms with Crippen molar-refractivity contribution in [3.8, 4) is 0 Å². The van der Waals surface area contributed by atoms with Crippen LogP contribution in [0.25, 0.3) is 0 Å².